The van der Waals surface area contributed by atoms with Gasteiger partial charge in [-0.15, -0.1) is 0 Å². The molecule has 1 N–H and O–H groups in total. The van der Waals surface area contributed by atoms with Crippen LogP contribution in [0.2, 0.25) is 0 Å². The highest BCUT2D eigenvalue weighted by Crippen LogP contribution is 2.29. The number of hydrogen-bond acceptors (Lipinski definition) is 5. The topological polar surface area (TPSA) is 95.8 Å². The van der Waals surface area contributed by atoms with Gasteiger partial charge in [-0.1, -0.05) is 18.2 Å². The second-order valence-electron chi connectivity index (χ2n) is 7.57. The summed E-state index contributed by atoms with van der Waals surface area (Å²) >= 11 is 0. The molecule has 9 heteroatoms. The van der Waals surface area contributed by atoms with Gasteiger partial charge in [0.05, 0.1) is 4.92 Å². The molecule has 168 valence electrons. The van der Waals surface area contributed by atoms with Crippen molar-refractivity contribution in [3.63, 3.8) is 0 Å². The van der Waals surface area contributed by atoms with E-state index in [9.17, 15) is 24.1 Å². The van der Waals surface area contributed by atoms with Crippen LogP contribution >= 0.6 is 0 Å². The summed E-state index contributed by atoms with van der Waals surface area (Å²) < 4.78 is 13.1. The van der Waals surface area contributed by atoms with E-state index in [4.69, 9.17) is 0 Å². The molecular formula is C24H21FN4O4. The molecule has 3 aromatic carbocycles. The van der Waals surface area contributed by atoms with Crippen molar-refractivity contribution in [2.75, 3.05) is 31.5 Å². The molecule has 1 heterocycles. The number of piperazine rings is 1. The second-order valence-corrected chi connectivity index (χ2v) is 7.57. The van der Waals surface area contributed by atoms with E-state index in [2.05, 4.69) is 5.32 Å². The summed E-state index contributed by atoms with van der Waals surface area (Å²) in [4.78, 5) is 39.8. The number of carbonyl (C=O) groups is 2. The van der Waals surface area contributed by atoms with E-state index in [1.165, 1.54) is 36.4 Å². The molecule has 1 fully saturated rings. The summed E-state index contributed by atoms with van der Waals surface area (Å²) in [6, 6.07) is 18.7. The van der Waals surface area contributed by atoms with E-state index in [1.54, 1.807) is 28.0 Å². The number of hydrogen-bond donors (Lipinski definition) is 1. The minimum absolute atomic E-state index is 0.199. The monoisotopic (exact) mass is 448 g/mol. The fourth-order valence-electron chi connectivity index (χ4n) is 3.67. The van der Waals surface area contributed by atoms with Gasteiger partial charge in [0.15, 0.2) is 0 Å². The molecular weight excluding hydrogens is 427 g/mol. The lowest BCUT2D eigenvalue weighted by Crippen LogP contribution is -2.50. The smallest absolute Gasteiger partial charge is 0.293 e. The van der Waals surface area contributed by atoms with E-state index >= 15 is 0 Å². The Morgan fingerprint density at radius 1 is 0.818 bits per heavy atom. The molecule has 0 unspecified atom stereocenters. The van der Waals surface area contributed by atoms with Crippen LogP contribution in [0.25, 0.3) is 0 Å². The zero-order chi connectivity index (χ0) is 23.4. The van der Waals surface area contributed by atoms with Crippen LogP contribution in [0, 0.1) is 15.9 Å². The van der Waals surface area contributed by atoms with E-state index in [0.717, 1.165) is 0 Å². The zero-order valence-corrected chi connectivity index (χ0v) is 17.6. The molecule has 0 spiro atoms. The molecule has 0 aliphatic carbocycles. The summed E-state index contributed by atoms with van der Waals surface area (Å²) in [5.41, 5.74) is 1.38. The third kappa shape index (κ3) is 4.98. The zero-order valence-electron chi connectivity index (χ0n) is 17.6. The molecule has 3 aromatic rings. The number of rotatable bonds is 5. The van der Waals surface area contributed by atoms with Crippen molar-refractivity contribution in [3.05, 3.63) is 99.9 Å². The number of amides is 2. The summed E-state index contributed by atoms with van der Waals surface area (Å²) in [6.07, 6.45) is 0. The first-order chi connectivity index (χ1) is 15.9. The standard InChI is InChI=1S/C24H21FN4O4/c25-19-9-6-17(7-10-19)23(30)27-12-14-28(15-13-27)24(31)18-8-11-21(22(16-18)29(32)33)26-20-4-2-1-3-5-20/h1-11,16,26H,12-15H2. The van der Waals surface area contributed by atoms with Gasteiger partial charge >= 0.3 is 0 Å². The predicted octanol–water partition coefficient (Wildman–Crippen LogP) is 4.08. The highest BCUT2D eigenvalue weighted by Gasteiger charge is 2.27. The van der Waals surface area contributed by atoms with Crippen molar-refractivity contribution in [1.29, 1.82) is 0 Å². The van der Waals surface area contributed by atoms with Crippen LogP contribution in [0.4, 0.5) is 21.5 Å². The third-order valence-electron chi connectivity index (χ3n) is 5.44. The number of para-hydroxylation sites is 1. The number of nitro groups is 1. The van der Waals surface area contributed by atoms with Gasteiger partial charge in [0.2, 0.25) is 0 Å². The summed E-state index contributed by atoms with van der Waals surface area (Å²) in [6.45, 7) is 1.22. The summed E-state index contributed by atoms with van der Waals surface area (Å²) in [7, 11) is 0. The molecule has 2 amide bonds. The Hall–Kier alpha value is -4.27. The van der Waals surface area contributed by atoms with Crippen molar-refractivity contribution in [2.24, 2.45) is 0 Å². The maximum atomic E-state index is 13.1. The summed E-state index contributed by atoms with van der Waals surface area (Å²) in [5, 5.41) is 14.6. The molecule has 8 nitrogen and oxygen atoms in total. The molecule has 0 atom stereocenters. The van der Waals surface area contributed by atoms with Crippen LogP contribution in [0.5, 0.6) is 0 Å². The Balaban J connectivity index is 1.44. The normalized spacial score (nSPS) is 13.5. The number of nitrogens with one attached hydrogen (secondary N) is 1. The third-order valence-corrected chi connectivity index (χ3v) is 5.44. The SMILES string of the molecule is O=C(c1ccc(F)cc1)N1CCN(C(=O)c2ccc(Nc3ccccc3)c([N+](=O)[O-])c2)CC1. The van der Waals surface area contributed by atoms with Crippen LogP contribution in [0.1, 0.15) is 20.7 Å². The lowest BCUT2D eigenvalue weighted by atomic mass is 10.1. The molecule has 1 aliphatic rings. The lowest BCUT2D eigenvalue weighted by molar-refractivity contribution is -0.383. The van der Waals surface area contributed by atoms with Crippen molar-refractivity contribution in [1.82, 2.24) is 9.80 Å². The van der Waals surface area contributed by atoms with Crippen LogP contribution < -0.4 is 5.32 Å². The molecule has 0 aromatic heterocycles. The van der Waals surface area contributed by atoms with E-state index < -0.39 is 10.7 Å². The van der Waals surface area contributed by atoms with Crippen LogP contribution in [-0.2, 0) is 0 Å². The molecule has 4 rings (SSSR count). The van der Waals surface area contributed by atoms with Gasteiger partial charge in [0.1, 0.15) is 11.5 Å². The van der Waals surface area contributed by atoms with Gasteiger partial charge in [0, 0.05) is 49.1 Å². The predicted molar refractivity (Wildman–Crippen MR) is 121 cm³/mol. The maximum Gasteiger partial charge on any atom is 0.293 e. The van der Waals surface area contributed by atoms with Gasteiger partial charge < -0.3 is 15.1 Å². The molecule has 1 aliphatic heterocycles. The second kappa shape index (κ2) is 9.47. The van der Waals surface area contributed by atoms with E-state index in [-0.39, 0.29) is 28.8 Å². The van der Waals surface area contributed by atoms with Gasteiger partial charge in [-0.25, -0.2) is 4.39 Å². The minimum atomic E-state index is -0.526. The van der Waals surface area contributed by atoms with Crippen molar-refractivity contribution >= 4 is 28.9 Å². The lowest BCUT2D eigenvalue weighted by Gasteiger charge is -2.34. The fourth-order valence-corrected chi connectivity index (χ4v) is 3.67. The number of nitro benzene ring substituents is 1. The Bertz CT molecular complexity index is 1180. The molecule has 0 bridgehead atoms. The number of carbonyl (C=O) groups excluding carboxylic acids is 2. The first-order valence-electron chi connectivity index (χ1n) is 10.4. The fraction of sp³-hybridized carbons (Fsp3) is 0.167. The number of halogens is 1. The highest BCUT2D eigenvalue weighted by atomic mass is 19.1. The van der Waals surface area contributed by atoms with Crippen molar-refractivity contribution in [2.45, 2.75) is 0 Å². The van der Waals surface area contributed by atoms with E-state index in [0.29, 0.717) is 37.4 Å². The van der Waals surface area contributed by atoms with E-state index in [1.807, 2.05) is 18.2 Å². The first kappa shape index (κ1) is 21.9. The average Bonchev–Trinajstić information content (AvgIpc) is 2.84. The average molecular weight is 448 g/mol. The van der Waals surface area contributed by atoms with Gasteiger partial charge in [-0.05, 0) is 48.5 Å². The van der Waals surface area contributed by atoms with Crippen LogP contribution in [0.3, 0.4) is 0 Å². The Labute approximate surface area is 189 Å². The highest BCUT2D eigenvalue weighted by molar-refractivity contribution is 5.97. The molecule has 0 radical (unpaired) electrons. The van der Waals surface area contributed by atoms with Gasteiger partial charge in [0.25, 0.3) is 17.5 Å². The van der Waals surface area contributed by atoms with Crippen LogP contribution in [-0.4, -0.2) is 52.7 Å². The minimum Gasteiger partial charge on any atom is -0.350 e. The van der Waals surface area contributed by atoms with Crippen molar-refractivity contribution in [3.8, 4) is 0 Å². The Morgan fingerprint density at radius 3 is 1.94 bits per heavy atom. The Morgan fingerprint density at radius 2 is 1.36 bits per heavy atom. The van der Waals surface area contributed by atoms with Gasteiger partial charge in [-0.2, -0.15) is 0 Å². The quantitative estimate of drug-likeness (QED) is 0.469. The van der Waals surface area contributed by atoms with Gasteiger partial charge in [-0.3, -0.25) is 19.7 Å². The molecule has 1 saturated heterocycles. The maximum absolute atomic E-state index is 13.1. The Kier molecular flexibility index (Phi) is 6.30. The first-order valence-corrected chi connectivity index (χ1v) is 10.4. The summed E-state index contributed by atoms with van der Waals surface area (Å²) in [5.74, 6) is -0.978. The number of benzene rings is 3. The number of anilines is 2. The van der Waals surface area contributed by atoms with Crippen LogP contribution in [0.15, 0.2) is 72.8 Å². The largest absolute Gasteiger partial charge is 0.350 e. The molecule has 0 saturated carbocycles. The number of nitrogens with zero attached hydrogens (tertiary/aromatic N) is 3. The molecule has 33 heavy (non-hydrogen) atoms. The van der Waals surface area contributed by atoms with Crippen molar-refractivity contribution < 1.29 is 18.9 Å².